The van der Waals surface area contributed by atoms with Crippen molar-refractivity contribution >= 4 is 17.7 Å². The van der Waals surface area contributed by atoms with Crippen molar-refractivity contribution in [3.05, 3.63) is 35.4 Å². The number of amides is 1. The van der Waals surface area contributed by atoms with Crippen LogP contribution in [0, 0.1) is 12.8 Å². The largest absolute Gasteiger partial charge is 0.339 e. The van der Waals surface area contributed by atoms with Gasteiger partial charge in [-0.15, -0.1) is 11.8 Å². The van der Waals surface area contributed by atoms with E-state index in [2.05, 4.69) is 49.9 Å². The van der Waals surface area contributed by atoms with Crippen LogP contribution < -0.4 is 0 Å². The molecule has 0 N–H and O–H groups in total. The van der Waals surface area contributed by atoms with E-state index in [1.54, 1.807) is 11.8 Å². The SMILES string of the molecule is Cc1ccc(CSCC(=O)N2CCN(CC(C)C)CC2)cc1. The summed E-state index contributed by atoms with van der Waals surface area (Å²) in [5.41, 5.74) is 2.58. The van der Waals surface area contributed by atoms with E-state index in [4.69, 9.17) is 0 Å². The number of thioether (sulfide) groups is 1. The van der Waals surface area contributed by atoms with E-state index in [1.165, 1.54) is 11.1 Å². The van der Waals surface area contributed by atoms with Gasteiger partial charge in [0.1, 0.15) is 0 Å². The Kier molecular flexibility index (Phi) is 6.77. The first-order chi connectivity index (χ1) is 10.5. The molecule has 0 aromatic heterocycles. The molecular weight excluding hydrogens is 292 g/mol. The van der Waals surface area contributed by atoms with Crippen molar-refractivity contribution < 1.29 is 4.79 Å². The molecule has 1 aliphatic heterocycles. The summed E-state index contributed by atoms with van der Waals surface area (Å²) < 4.78 is 0. The van der Waals surface area contributed by atoms with Crippen LogP contribution in [0.25, 0.3) is 0 Å². The Hall–Kier alpha value is -1.00. The maximum atomic E-state index is 12.3. The first-order valence-electron chi connectivity index (χ1n) is 8.18. The van der Waals surface area contributed by atoms with Crippen molar-refractivity contribution in [1.82, 2.24) is 9.80 Å². The van der Waals surface area contributed by atoms with Crippen LogP contribution in [0.3, 0.4) is 0 Å². The second-order valence-corrected chi connectivity index (χ2v) is 7.54. The van der Waals surface area contributed by atoms with Gasteiger partial charge in [0.15, 0.2) is 0 Å². The van der Waals surface area contributed by atoms with E-state index in [1.807, 2.05) is 4.90 Å². The molecule has 1 saturated heterocycles. The lowest BCUT2D eigenvalue weighted by Crippen LogP contribution is -2.50. The zero-order chi connectivity index (χ0) is 15.9. The Labute approximate surface area is 139 Å². The van der Waals surface area contributed by atoms with Crippen molar-refractivity contribution in [2.45, 2.75) is 26.5 Å². The van der Waals surface area contributed by atoms with E-state index in [9.17, 15) is 4.79 Å². The topological polar surface area (TPSA) is 23.6 Å². The molecule has 122 valence electrons. The van der Waals surface area contributed by atoms with Crippen LogP contribution in [-0.2, 0) is 10.5 Å². The highest BCUT2D eigenvalue weighted by Gasteiger charge is 2.21. The van der Waals surface area contributed by atoms with Gasteiger partial charge in [-0.2, -0.15) is 0 Å². The van der Waals surface area contributed by atoms with E-state index < -0.39 is 0 Å². The number of benzene rings is 1. The fourth-order valence-electron chi connectivity index (χ4n) is 2.73. The zero-order valence-electron chi connectivity index (χ0n) is 14.0. The maximum absolute atomic E-state index is 12.3. The molecule has 0 unspecified atom stereocenters. The minimum Gasteiger partial charge on any atom is -0.339 e. The number of aryl methyl sites for hydroxylation is 1. The van der Waals surface area contributed by atoms with Crippen LogP contribution in [0.1, 0.15) is 25.0 Å². The van der Waals surface area contributed by atoms with Gasteiger partial charge in [0, 0.05) is 38.5 Å². The Morgan fingerprint density at radius 3 is 2.36 bits per heavy atom. The molecule has 4 heteroatoms. The Morgan fingerprint density at radius 2 is 1.77 bits per heavy atom. The number of piperazine rings is 1. The molecule has 1 heterocycles. The summed E-state index contributed by atoms with van der Waals surface area (Å²) in [4.78, 5) is 16.8. The molecule has 0 saturated carbocycles. The van der Waals surface area contributed by atoms with Crippen LogP contribution in [0.5, 0.6) is 0 Å². The van der Waals surface area contributed by atoms with Crippen LogP contribution in [0.4, 0.5) is 0 Å². The van der Waals surface area contributed by atoms with Gasteiger partial charge in [-0.05, 0) is 18.4 Å². The predicted octanol–water partition coefficient (Wildman–Crippen LogP) is 3.03. The molecule has 0 bridgehead atoms. The predicted molar refractivity (Wildman–Crippen MR) is 95.2 cm³/mol. The van der Waals surface area contributed by atoms with Gasteiger partial charge < -0.3 is 4.90 Å². The molecule has 0 radical (unpaired) electrons. The van der Waals surface area contributed by atoms with Gasteiger partial charge in [0.25, 0.3) is 0 Å². The highest BCUT2D eigenvalue weighted by molar-refractivity contribution is 7.99. The summed E-state index contributed by atoms with van der Waals surface area (Å²) in [7, 11) is 0. The van der Waals surface area contributed by atoms with Crippen LogP contribution in [-0.4, -0.2) is 54.2 Å². The van der Waals surface area contributed by atoms with Gasteiger partial charge in [0.2, 0.25) is 5.91 Å². The van der Waals surface area contributed by atoms with E-state index in [0.717, 1.165) is 38.5 Å². The first-order valence-corrected chi connectivity index (χ1v) is 9.33. The van der Waals surface area contributed by atoms with Crippen LogP contribution in [0.15, 0.2) is 24.3 Å². The molecule has 1 amide bonds. The molecule has 0 atom stereocenters. The van der Waals surface area contributed by atoms with E-state index in [0.29, 0.717) is 17.6 Å². The molecule has 2 rings (SSSR count). The Bertz CT molecular complexity index is 464. The minimum absolute atomic E-state index is 0.293. The lowest BCUT2D eigenvalue weighted by Gasteiger charge is -2.35. The molecule has 1 aromatic rings. The summed E-state index contributed by atoms with van der Waals surface area (Å²) in [6.45, 7) is 11.6. The summed E-state index contributed by atoms with van der Waals surface area (Å²) in [5.74, 6) is 2.51. The van der Waals surface area contributed by atoms with Crippen LogP contribution >= 0.6 is 11.8 Å². The number of nitrogens with zero attached hydrogens (tertiary/aromatic N) is 2. The summed E-state index contributed by atoms with van der Waals surface area (Å²) in [6, 6.07) is 8.56. The monoisotopic (exact) mass is 320 g/mol. The molecule has 0 aliphatic carbocycles. The third-order valence-electron chi connectivity index (χ3n) is 3.96. The number of rotatable bonds is 6. The summed E-state index contributed by atoms with van der Waals surface area (Å²) >= 11 is 1.72. The van der Waals surface area contributed by atoms with Gasteiger partial charge >= 0.3 is 0 Å². The standard InChI is InChI=1S/C18H28N2OS/c1-15(2)12-19-8-10-20(11-9-19)18(21)14-22-13-17-6-4-16(3)5-7-17/h4-7,15H,8-14H2,1-3H3. The normalized spacial score (nSPS) is 16.3. The second-order valence-electron chi connectivity index (χ2n) is 6.55. The van der Waals surface area contributed by atoms with Crippen molar-refractivity contribution in [2.75, 3.05) is 38.5 Å². The van der Waals surface area contributed by atoms with E-state index in [-0.39, 0.29) is 0 Å². The molecule has 1 fully saturated rings. The summed E-state index contributed by atoms with van der Waals surface area (Å²) in [6.07, 6.45) is 0. The second kappa shape index (κ2) is 8.59. The Morgan fingerprint density at radius 1 is 1.14 bits per heavy atom. The maximum Gasteiger partial charge on any atom is 0.232 e. The fraction of sp³-hybridized carbons (Fsp3) is 0.611. The number of carbonyl (C=O) groups excluding carboxylic acids is 1. The molecular formula is C18H28N2OS. The smallest absolute Gasteiger partial charge is 0.232 e. The third-order valence-corrected chi connectivity index (χ3v) is 4.95. The number of hydrogen-bond donors (Lipinski definition) is 0. The van der Waals surface area contributed by atoms with Gasteiger partial charge in [-0.1, -0.05) is 43.7 Å². The van der Waals surface area contributed by atoms with Crippen molar-refractivity contribution in [3.63, 3.8) is 0 Å². The molecule has 1 aliphatic rings. The lowest BCUT2D eigenvalue weighted by molar-refractivity contribution is -0.130. The van der Waals surface area contributed by atoms with Gasteiger partial charge in [-0.25, -0.2) is 0 Å². The summed E-state index contributed by atoms with van der Waals surface area (Å²) in [5, 5.41) is 0. The number of hydrogen-bond acceptors (Lipinski definition) is 3. The quantitative estimate of drug-likeness (QED) is 0.805. The molecule has 0 spiro atoms. The van der Waals surface area contributed by atoms with Gasteiger partial charge in [0.05, 0.1) is 5.75 Å². The lowest BCUT2D eigenvalue weighted by atomic mass is 10.2. The van der Waals surface area contributed by atoms with E-state index >= 15 is 0 Å². The molecule has 3 nitrogen and oxygen atoms in total. The number of carbonyl (C=O) groups is 1. The minimum atomic E-state index is 0.293. The average Bonchev–Trinajstić information content (AvgIpc) is 2.49. The highest BCUT2D eigenvalue weighted by Crippen LogP contribution is 2.14. The van der Waals surface area contributed by atoms with Gasteiger partial charge in [-0.3, -0.25) is 9.69 Å². The first kappa shape index (κ1) is 17.4. The van der Waals surface area contributed by atoms with Crippen molar-refractivity contribution in [1.29, 1.82) is 0 Å². The van der Waals surface area contributed by atoms with Crippen molar-refractivity contribution in [3.8, 4) is 0 Å². The highest BCUT2D eigenvalue weighted by atomic mass is 32.2. The molecule has 22 heavy (non-hydrogen) atoms. The molecule has 1 aromatic carbocycles. The van der Waals surface area contributed by atoms with Crippen LogP contribution in [0.2, 0.25) is 0 Å². The zero-order valence-corrected chi connectivity index (χ0v) is 14.9. The average molecular weight is 321 g/mol. The van der Waals surface area contributed by atoms with Crippen molar-refractivity contribution in [2.24, 2.45) is 5.92 Å². The fourth-order valence-corrected chi connectivity index (χ4v) is 3.62. The Balaban J connectivity index is 1.67. The third kappa shape index (κ3) is 5.65.